The number of aromatic amines is 1. The van der Waals surface area contributed by atoms with Crippen LogP contribution in [0.2, 0.25) is 0 Å². The molecule has 3 aromatic rings. The van der Waals surface area contributed by atoms with Crippen LogP contribution in [0.4, 0.5) is 5.82 Å². The largest absolute Gasteiger partial charge is 0.507 e. The lowest BCUT2D eigenvalue weighted by atomic mass is 10.0. The van der Waals surface area contributed by atoms with Gasteiger partial charge < -0.3 is 19.9 Å². The van der Waals surface area contributed by atoms with E-state index >= 15 is 0 Å². The smallest absolute Gasteiger partial charge is 0.343 e. The number of nitrogens with zero attached hydrogens (tertiary/aromatic N) is 4. The molecule has 0 bridgehead atoms. The fourth-order valence-corrected chi connectivity index (χ4v) is 3.21. The molecule has 2 aromatic heterocycles. The van der Waals surface area contributed by atoms with E-state index in [1.165, 1.54) is 13.1 Å². The van der Waals surface area contributed by atoms with Crippen LogP contribution in [-0.4, -0.2) is 49.1 Å². The van der Waals surface area contributed by atoms with Gasteiger partial charge in [-0.25, -0.2) is 9.78 Å². The number of carbonyl (C=O) groups excluding carboxylic acids is 2. The third-order valence-corrected chi connectivity index (χ3v) is 4.83. The van der Waals surface area contributed by atoms with E-state index in [0.717, 1.165) is 6.42 Å². The topological polar surface area (TPSA) is 152 Å². The van der Waals surface area contributed by atoms with E-state index in [9.17, 15) is 14.7 Å². The number of nitrogens with one attached hydrogen (secondary N) is 2. The van der Waals surface area contributed by atoms with Gasteiger partial charge in [-0.3, -0.25) is 4.79 Å². The lowest BCUT2D eigenvalue weighted by Gasteiger charge is -2.16. The summed E-state index contributed by atoms with van der Waals surface area (Å²) in [7, 11) is 0. The monoisotopic (exact) mass is 466 g/mol. The molecule has 0 aliphatic rings. The highest BCUT2D eigenvalue weighted by Gasteiger charge is 2.19. The maximum absolute atomic E-state index is 12.3. The third-order valence-electron chi connectivity index (χ3n) is 4.83. The van der Waals surface area contributed by atoms with Gasteiger partial charge in [0.1, 0.15) is 29.5 Å². The number of benzene rings is 1. The molecule has 2 heterocycles. The summed E-state index contributed by atoms with van der Waals surface area (Å²) in [5.41, 5.74) is 1.60. The van der Waals surface area contributed by atoms with Crippen molar-refractivity contribution in [1.82, 2.24) is 25.6 Å². The fraction of sp³-hybridized carbons (Fsp3) is 0.304. The number of carbonyl (C=O) groups is 2. The van der Waals surface area contributed by atoms with Gasteiger partial charge in [0.2, 0.25) is 5.82 Å². The van der Waals surface area contributed by atoms with Crippen LogP contribution < -0.4 is 10.1 Å². The molecule has 11 nitrogen and oxygen atoms in total. The van der Waals surface area contributed by atoms with E-state index in [1.807, 2.05) is 13.0 Å². The molecule has 3 N–H and O–H groups in total. The van der Waals surface area contributed by atoms with E-state index in [0.29, 0.717) is 29.1 Å². The van der Waals surface area contributed by atoms with Crippen LogP contribution in [0.25, 0.3) is 5.57 Å². The number of ether oxygens (including phenoxy) is 2. The minimum Gasteiger partial charge on any atom is -0.507 e. The van der Waals surface area contributed by atoms with Crippen molar-refractivity contribution in [2.75, 3.05) is 11.9 Å². The van der Waals surface area contributed by atoms with Gasteiger partial charge in [-0.1, -0.05) is 19.4 Å². The van der Waals surface area contributed by atoms with Crippen molar-refractivity contribution >= 4 is 23.1 Å². The number of aromatic nitrogens is 5. The van der Waals surface area contributed by atoms with Gasteiger partial charge in [0, 0.05) is 23.5 Å². The van der Waals surface area contributed by atoms with Crippen molar-refractivity contribution < 1.29 is 24.2 Å². The molecule has 0 aliphatic carbocycles. The van der Waals surface area contributed by atoms with Crippen molar-refractivity contribution in [3.05, 3.63) is 59.2 Å². The standard InChI is InChI=1S/C23H26N6O5/c1-4-7-17-19(10-9-16(14(3)30)20(17)31)34-13-15-8-6-11-24-21(15)25-12-18(23(32)33-5-2)22-26-28-29-27-22/h6,8-12,31H,4-5,7,13H2,1-3H3,(H,24,25)(H,26,27,28,29). The molecule has 0 unspecified atom stereocenters. The van der Waals surface area contributed by atoms with Gasteiger partial charge in [0.15, 0.2) is 5.78 Å². The summed E-state index contributed by atoms with van der Waals surface area (Å²) in [4.78, 5) is 28.4. The first kappa shape index (κ1) is 24.4. The molecular formula is C23H26N6O5. The molecular weight excluding hydrogens is 440 g/mol. The van der Waals surface area contributed by atoms with E-state index in [1.54, 1.807) is 31.3 Å². The maximum atomic E-state index is 12.3. The van der Waals surface area contributed by atoms with Crippen LogP contribution >= 0.6 is 0 Å². The Morgan fingerprint density at radius 2 is 2.06 bits per heavy atom. The quantitative estimate of drug-likeness (QED) is 0.218. The highest BCUT2D eigenvalue weighted by molar-refractivity contribution is 6.15. The Morgan fingerprint density at radius 3 is 2.74 bits per heavy atom. The molecule has 0 atom stereocenters. The zero-order chi connectivity index (χ0) is 24.5. The lowest BCUT2D eigenvalue weighted by molar-refractivity contribution is -0.136. The number of ketones is 1. The normalized spacial score (nSPS) is 11.2. The minimum absolute atomic E-state index is 0.0569. The Balaban J connectivity index is 1.84. The molecule has 3 rings (SSSR count). The molecule has 0 saturated heterocycles. The molecule has 0 fully saturated rings. The number of anilines is 1. The predicted molar refractivity (Wildman–Crippen MR) is 123 cm³/mol. The van der Waals surface area contributed by atoms with Gasteiger partial charge in [0.25, 0.3) is 0 Å². The second-order valence-corrected chi connectivity index (χ2v) is 7.20. The highest BCUT2D eigenvalue weighted by Crippen LogP contribution is 2.33. The van der Waals surface area contributed by atoms with Crippen molar-refractivity contribution in [3.63, 3.8) is 0 Å². The number of phenols is 1. The van der Waals surface area contributed by atoms with Crippen LogP contribution in [0.1, 0.15) is 54.5 Å². The first-order chi connectivity index (χ1) is 16.5. The molecule has 11 heteroatoms. The highest BCUT2D eigenvalue weighted by atomic mass is 16.5. The van der Waals surface area contributed by atoms with Gasteiger partial charge in [-0.2, -0.15) is 5.21 Å². The molecule has 0 spiro atoms. The Labute approximate surface area is 196 Å². The number of hydrogen-bond donors (Lipinski definition) is 3. The van der Waals surface area contributed by atoms with E-state index in [4.69, 9.17) is 9.47 Å². The molecule has 34 heavy (non-hydrogen) atoms. The fourth-order valence-electron chi connectivity index (χ4n) is 3.21. The Hall–Kier alpha value is -4.28. The average molecular weight is 466 g/mol. The summed E-state index contributed by atoms with van der Waals surface area (Å²) >= 11 is 0. The number of Topliss-reactive ketones (excluding diaryl/α,β-unsaturated/α-hetero) is 1. The molecule has 0 aliphatic heterocycles. The lowest BCUT2D eigenvalue weighted by Crippen LogP contribution is -2.11. The molecule has 178 valence electrons. The molecule has 0 radical (unpaired) electrons. The number of phenolic OH excluding ortho intramolecular Hbond substituents is 1. The van der Waals surface area contributed by atoms with E-state index in [-0.39, 0.29) is 41.7 Å². The Bertz CT molecular complexity index is 1180. The summed E-state index contributed by atoms with van der Waals surface area (Å²) in [6.07, 6.45) is 4.30. The third kappa shape index (κ3) is 5.74. The predicted octanol–water partition coefficient (Wildman–Crippen LogP) is 3.05. The van der Waals surface area contributed by atoms with Crippen LogP contribution in [-0.2, 0) is 22.6 Å². The van der Waals surface area contributed by atoms with Gasteiger partial charge in [0.05, 0.1) is 12.2 Å². The average Bonchev–Trinajstić information content (AvgIpc) is 3.35. The van der Waals surface area contributed by atoms with Crippen LogP contribution in [0.15, 0.2) is 36.7 Å². The van der Waals surface area contributed by atoms with Gasteiger partial charge in [-0.15, -0.1) is 10.2 Å². The van der Waals surface area contributed by atoms with Crippen molar-refractivity contribution in [2.24, 2.45) is 0 Å². The van der Waals surface area contributed by atoms with Crippen molar-refractivity contribution in [2.45, 2.75) is 40.2 Å². The SMILES string of the molecule is CCCc1c(OCc2cccnc2NC=C(C(=O)OCC)c2nn[nH]n2)ccc(C(C)=O)c1O. The minimum atomic E-state index is -0.615. The number of hydrogen-bond acceptors (Lipinski definition) is 10. The zero-order valence-electron chi connectivity index (χ0n) is 19.2. The van der Waals surface area contributed by atoms with Crippen molar-refractivity contribution in [1.29, 1.82) is 0 Å². The molecule has 0 amide bonds. The number of pyridine rings is 1. The van der Waals surface area contributed by atoms with Gasteiger partial charge >= 0.3 is 5.97 Å². The van der Waals surface area contributed by atoms with E-state index < -0.39 is 5.97 Å². The zero-order valence-corrected chi connectivity index (χ0v) is 19.2. The summed E-state index contributed by atoms with van der Waals surface area (Å²) in [6.45, 7) is 5.39. The van der Waals surface area contributed by atoms with Crippen LogP contribution in [0, 0.1) is 0 Å². The summed E-state index contributed by atoms with van der Waals surface area (Å²) in [5, 5.41) is 27.0. The Morgan fingerprint density at radius 1 is 1.24 bits per heavy atom. The van der Waals surface area contributed by atoms with Crippen LogP contribution in [0.3, 0.4) is 0 Å². The first-order valence-electron chi connectivity index (χ1n) is 10.8. The van der Waals surface area contributed by atoms with Crippen molar-refractivity contribution in [3.8, 4) is 11.5 Å². The second kappa shape index (κ2) is 11.5. The number of esters is 1. The Kier molecular flexibility index (Phi) is 8.27. The maximum Gasteiger partial charge on any atom is 0.343 e. The first-order valence-corrected chi connectivity index (χ1v) is 10.8. The number of H-pyrrole nitrogens is 1. The summed E-state index contributed by atoms with van der Waals surface area (Å²) in [5.74, 6) is 0.105. The summed E-state index contributed by atoms with van der Waals surface area (Å²) < 4.78 is 11.1. The molecule has 0 saturated carbocycles. The van der Waals surface area contributed by atoms with Crippen LogP contribution in [0.5, 0.6) is 11.5 Å². The van der Waals surface area contributed by atoms with Gasteiger partial charge in [-0.05, 0) is 43.7 Å². The second-order valence-electron chi connectivity index (χ2n) is 7.20. The summed E-state index contributed by atoms with van der Waals surface area (Å²) in [6, 6.07) is 6.79. The molecule has 1 aromatic carbocycles. The number of tetrazole rings is 1. The van der Waals surface area contributed by atoms with E-state index in [2.05, 4.69) is 30.9 Å². The number of rotatable bonds is 11. The number of aromatic hydroxyl groups is 1.